The number of hydrogen-bond acceptors (Lipinski definition) is 2. The van der Waals surface area contributed by atoms with Gasteiger partial charge in [-0.3, -0.25) is 0 Å². The standard InChI is InChI=1S/C15H12Cl3NO/c16-9-5-12(17)14(13(18)6-9)11-3-1-2-8-4-10(7-19)20-15(8)11/h1-3,5-6,10H,4,7,19H2/t10-/m0/s1. The largest absolute Gasteiger partial charge is 0.488 e. The van der Waals surface area contributed by atoms with E-state index in [1.807, 2.05) is 18.2 Å². The first-order valence-corrected chi connectivity index (χ1v) is 7.37. The number of fused-ring (bicyclic) bond motifs is 1. The van der Waals surface area contributed by atoms with Crippen LogP contribution in [0.25, 0.3) is 11.1 Å². The molecule has 1 aliphatic heterocycles. The van der Waals surface area contributed by atoms with Crippen LogP contribution in [0.5, 0.6) is 5.75 Å². The Morgan fingerprint density at radius 1 is 1.15 bits per heavy atom. The maximum absolute atomic E-state index is 6.29. The van der Waals surface area contributed by atoms with E-state index in [0.717, 1.165) is 28.9 Å². The number of nitrogens with two attached hydrogens (primary N) is 1. The highest BCUT2D eigenvalue weighted by Crippen LogP contribution is 2.45. The van der Waals surface area contributed by atoms with Gasteiger partial charge in [-0.25, -0.2) is 0 Å². The molecule has 0 aliphatic carbocycles. The van der Waals surface area contributed by atoms with Crippen molar-refractivity contribution in [3.8, 4) is 16.9 Å². The summed E-state index contributed by atoms with van der Waals surface area (Å²) in [6.45, 7) is 0.482. The Hall–Kier alpha value is -0.930. The SMILES string of the molecule is NC[C@@H]1Cc2cccc(-c3c(Cl)cc(Cl)cc3Cl)c2O1. The van der Waals surface area contributed by atoms with Gasteiger partial charge >= 0.3 is 0 Å². The maximum atomic E-state index is 6.29. The summed E-state index contributed by atoms with van der Waals surface area (Å²) >= 11 is 18.5. The summed E-state index contributed by atoms with van der Waals surface area (Å²) in [5, 5.41) is 1.53. The van der Waals surface area contributed by atoms with Gasteiger partial charge < -0.3 is 10.5 Å². The fraction of sp³-hybridized carbons (Fsp3) is 0.200. The van der Waals surface area contributed by atoms with E-state index < -0.39 is 0 Å². The molecule has 2 N–H and O–H groups in total. The van der Waals surface area contributed by atoms with Crippen molar-refractivity contribution in [2.45, 2.75) is 12.5 Å². The average Bonchev–Trinajstić information content (AvgIpc) is 2.81. The Balaban J connectivity index is 2.16. The van der Waals surface area contributed by atoms with E-state index in [9.17, 15) is 0 Å². The van der Waals surface area contributed by atoms with Crippen molar-refractivity contribution in [2.24, 2.45) is 5.73 Å². The summed E-state index contributed by atoms with van der Waals surface area (Å²) in [6, 6.07) is 9.31. The lowest BCUT2D eigenvalue weighted by Gasteiger charge is -2.13. The van der Waals surface area contributed by atoms with Crippen LogP contribution >= 0.6 is 34.8 Å². The summed E-state index contributed by atoms with van der Waals surface area (Å²) in [5.41, 5.74) is 8.43. The predicted molar refractivity (Wildman–Crippen MR) is 84.1 cm³/mol. The number of halogens is 3. The maximum Gasteiger partial charge on any atom is 0.131 e. The lowest BCUT2D eigenvalue weighted by Crippen LogP contribution is -2.24. The molecule has 1 heterocycles. The second-order valence-electron chi connectivity index (χ2n) is 4.72. The van der Waals surface area contributed by atoms with Crippen LogP contribution in [0, 0.1) is 0 Å². The van der Waals surface area contributed by atoms with Gasteiger partial charge in [0, 0.05) is 29.1 Å². The third-order valence-electron chi connectivity index (χ3n) is 3.37. The van der Waals surface area contributed by atoms with E-state index in [2.05, 4.69) is 0 Å². The molecule has 3 rings (SSSR count). The Morgan fingerprint density at radius 3 is 2.50 bits per heavy atom. The Labute approximate surface area is 132 Å². The minimum atomic E-state index is 0.0102. The van der Waals surface area contributed by atoms with Gasteiger partial charge in [0.25, 0.3) is 0 Å². The summed E-state index contributed by atoms with van der Waals surface area (Å²) < 4.78 is 5.91. The number of benzene rings is 2. The molecule has 20 heavy (non-hydrogen) atoms. The van der Waals surface area contributed by atoms with Crippen molar-refractivity contribution in [1.82, 2.24) is 0 Å². The van der Waals surface area contributed by atoms with Crippen LogP contribution in [0.2, 0.25) is 15.1 Å². The molecular formula is C15H12Cl3NO. The van der Waals surface area contributed by atoms with Gasteiger partial charge in [0.2, 0.25) is 0 Å². The minimum Gasteiger partial charge on any atom is -0.488 e. The second kappa shape index (κ2) is 5.45. The molecule has 0 radical (unpaired) electrons. The molecule has 0 saturated heterocycles. The first kappa shape index (κ1) is 14.0. The van der Waals surface area contributed by atoms with E-state index in [-0.39, 0.29) is 6.10 Å². The monoisotopic (exact) mass is 327 g/mol. The Bertz CT molecular complexity index is 649. The van der Waals surface area contributed by atoms with E-state index >= 15 is 0 Å². The lowest BCUT2D eigenvalue weighted by molar-refractivity contribution is 0.242. The lowest BCUT2D eigenvalue weighted by atomic mass is 10.0. The second-order valence-corrected chi connectivity index (χ2v) is 5.97. The van der Waals surface area contributed by atoms with Gasteiger partial charge in [-0.15, -0.1) is 0 Å². The van der Waals surface area contributed by atoms with Crippen molar-refractivity contribution >= 4 is 34.8 Å². The predicted octanol–water partition coefficient (Wildman–Crippen LogP) is 4.58. The van der Waals surface area contributed by atoms with Gasteiger partial charge in [-0.1, -0.05) is 53.0 Å². The van der Waals surface area contributed by atoms with Crippen molar-refractivity contribution in [1.29, 1.82) is 0 Å². The van der Waals surface area contributed by atoms with Gasteiger partial charge in [-0.2, -0.15) is 0 Å². The molecular weight excluding hydrogens is 317 g/mol. The zero-order chi connectivity index (χ0) is 14.3. The summed E-state index contributed by atoms with van der Waals surface area (Å²) in [6.07, 6.45) is 0.818. The zero-order valence-electron chi connectivity index (χ0n) is 10.5. The van der Waals surface area contributed by atoms with Crippen molar-refractivity contribution in [3.05, 3.63) is 51.0 Å². The molecule has 2 aromatic rings. The molecule has 2 nitrogen and oxygen atoms in total. The molecule has 1 aliphatic rings. The summed E-state index contributed by atoms with van der Waals surface area (Å²) in [7, 11) is 0. The molecule has 5 heteroatoms. The highest BCUT2D eigenvalue weighted by molar-refractivity contribution is 6.42. The first-order chi connectivity index (χ1) is 9.60. The average molecular weight is 329 g/mol. The molecule has 0 amide bonds. The number of ether oxygens (including phenoxy) is 1. The minimum absolute atomic E-state index is 0.0102. The molecule has 0 aromatic heterocycles. The summed E-state index contributed by atoms with van der Waals surface area (Å²) in [5.74, 6) is 0.814. The Morgan fingerprint density at radius 2 is 1.85 bits per heavy atom. The number of hydrogen-bond donors (Lipinski definition) is 1. The summed E-state index contributed by atoms with van der Waals surface area (Å²) in [4.78, 5) is 0. The quantitative estimate of drug-likeness (QED) is 0.876. The van der Waals surface area contributed by atoms with Crippen molar-refractivity contribution in [2.75, 3.05) is 6.54 Å². The molecule has 0 bridgehead atoms. The molecule has 0 saturated carbocycles. The van der Waals surface area contributed by atoms with Crippen molar-refractivity contribution in [3.63, 3.8) is 0 Å². The molecule has 104 valence electrons. The molecule has 1 atom stereocenters. The zero-order valence-corrected chi connectivity index (χ0v) is 12.8. The van der Waals surface area contributed by atoms with E-state index in [1.165, 1.54) is 0 Å². The highest BCUT2D eigenvalue weighted by atomic mass is 35.5. The van der Waals surface area contributed by atoms with Gasteiger partial charge in [0.05, 0.1) is 10.0 Å². The normalized spacial score (nSPS) is 16.9. The van der Waals surface area contributed by atoms with Crippen LogP contribution in [0.1, 0.15) is 5.56 Å². The third-order valence-corrected chi connectivity index (χ3v) is 4.18. The van der Waals surface area contributed by atoms with Crippen LogP contribution in [-0.4, -0.2) is 12.6 Å². The molecule has 2 aromatic carbocycles. The van der Waals surface area contributed by atoms with Gasteiger partial charge in [-0.05, 0) is 17.7 Å². The smallest absolute Gasteiger partial charge is 0.131 e. The highest BCUT2D eigenvalue weighted by Gasteiger charge is 2.26. The number of para-hydroxylation sites is 1. The molecule has 0 spiro atoms. The Kier molecular flexibility index (Phi) is 3.83. The van der Waals surface area contributed by atoms with Crippen molar-refractivity contribution < 1.29 is 4.74 Å². The van der Waals surface area contributed by atoms with Crippen LogP contribution in [0.15, 0.2) is 30.3 Å². The molecule has 0 unspecified atom stereocenters. The van der Waals surface area contributed by atoms with E-state index in [1.54, 1.807) is 12.1 Å². The number of rotatable bonds is 2. The van der Waals surface area contributed by atoms with Crippen LogP contribution in [-0.2, 0) is 6.42 Å². The van der Waals surface area contributed by atoms with Crippen LogP contribution in [0.3, 0.4) is 0 Å². The topological polar surface area (TPSA) is 35.2 Å². The van der Waals surface area contributed by atoms with Gasteiger partial charge in [0.1, 0.15) is 11.9 Å². The first-order valence-electron chi connectivity index (χ1n) is 6.23. The van der Waals surface area contributed by atoms with E-state index in [4.69, 9.17) is 45.3 Å². The fourth-order valence-electron chi connectivity index (χ4n) is 2.47. The fourth-order valence-corrected chi connectivity index (χ4v) is 3.49. The van der Waals surface area contributed by atoms with Gasteiger partial charge in [0.15, 0.2) is 0 Å². The van der Waals surface area contributed by atoms with Crippen LogP contribution < -0.4 is 10.5 Å². The third kappa shape index (κ3) is 2.38. The molecule has 0 fully saturated rings. The van der Waals surface area contributed by atoms with Crippen LogP contribution in [0.4, 0.5) is 0 Å². The van der Waals surface area contributed by atoms with E-state index in [0.29, 0.717) is 21.6 Å².